The number of rotatable bonds is 6. The molecule has 116 valence electrons. The van der Waals surface area contributed by atoms with E-state index in [9.17, 15) is 9.90 Å². The summed E-state index contributed by atoms with van der Waals surface area (Å²) in [6.07, 6.45) is 2.63. The molecule has 1 aromatic carbocycles. The molecule has 1 fully saturated rings. The number of nitrogens with one attached hydrogen (secondary N) is 1. The molecule has 1 aliphatic rings. The van der Waals surface area contributed by atoms with Gasteiger partial charge in [0.1, 0.15) is 12.4 Å². The van der Waals surface area contributed by atoms with E-state index >= 15 is 0 Å². The number of para-hydroxylation sites is 1. The van der Waals surface area contributed by atoms with Crippen LogP contribution in [-0.4, -0.2) is 48.9 Å². The maximum Gasteiger partial charge on any atom is 0.317 e. The number of nitrogens with zero attached hydrogens (tertiary/aromatic N) is 1. The molecule has 0 heterocycles. The van der Waals surface area contributed by atoms with Gasteiger partial charge in [-0.15, -0.1) is 0 Å². The first-order valence-electron chi connectivity index (χ1n) is 7.51. The van der Waals surface area contributed by atoms with Gasteiger partial charge in [-0.1, -0.05) is 24.6 Å². The maximum absolute atomic E-state index is 11.9. The van der Waals surface area contributed by atoms with Crippen molar-refractivity contribution in [2.75, 3.05) is 26.7 Å². The second-order valence-corrected chi connectivity index (χ2v) is 5.53. The van der Waals surface area contributed by atoms with Crippen molar-refractivity contribution < 1.29 is 14.6 Å². The fraction of sp³-hybridized carbons (Fsp3) is 0.562. The molecule has 5 nitrogen and oxygen atoms in total. The molecule has 0 aromatic heterocycles. The Bertz CT molecular complexity index is 438. The average Bonchev–Trinajstić information content (AvgIpc) is 2.89. The lowest BCUT2D eigenvalue weighted by Gasteiger charge is -2.23. The first-order valence-corrected chi connectivity index (χ1v) is 7.51. The van der Waals surface area contributed by atoms with E-state index in [1.807, 2.05) is 30.3 Å². The van der Waals surface area contributed by atoms with Crippen molar-refractivity contribution in [3.05, 3.63) is 30.3 Å². The minimum absolute atomic E-state index is 0.120. The quantitative estimate of drug-likeness (QED) is 0.787. The highest BCUT2D eigenvalue weighted by Gasteiger charge is 2.27. The number of carbonyl (C=O) groups is 1. The molecule has 0 spiro atoms. The van der Waals surface area contributed by atoms with E-state index in [1.165, 1.54) is 0 Å². The average molecular weight is 292 g/mol. The van der Waals surface area contributed by atoms with Crippen molar-refractivity contribution in [3.63, 3.8) is 0 Å². The van der Waals surface area contributed by atoms with Crippen LogP contribution >= 0.6 is 0 Å². The van der Waals surface area contributed by atoms with Gasteiger partial charge in [0.25, 0.3) is 0 Å². The molecular formula is C16H24N2O3. The number of hydrogen-bond acceptors (Lipinski definition) is 3. The van der Waals surface area contributed by atoms with Crippen molar-refractivity contribution in [3.8, 4) is 5.75 Å². The van der Waals surface area contributed by atoms with Crippen LogP contribution in [0.15, 0.2) is 30.3 Å². The van der Waals surface area contributed by atoms with Gasteiger partial charge >= 0.3 is 6.03 Å². The van der Waals surface area contributed by atoms with E-state index in [-0.39, 0.29) is 18.1 Å². The van der Waals surface area contributed by atoms with Crippen LogP contribution < -0.4 is 10.1 Å². The third kappa shape index (κ3) is 4.93. The molecule has 1 aromatic rings. The predicted octanol–water partition coefficient (Wildman–Crippen LogP) is 1.87. The van der Waals surface area contributed by atoms with Crippen molar-refractivity contribution in [1.29, 1.82) is 0 Å². The van der Waals surface area contributed by atoms with Crippen LogP contribution in [-0.2, 0) is 0 Å². The molecule has 0 aliphatic heterocycles. The number of ether oxygens (including phenoxy) is 1. The Morgan fingerprint density at radius 3 is 2.81 bits per heavy atom. The number of amides is 2. The van der Waals surface area contributed by atoms with Crippen molar-refractivity contribution in [2.45, 2.75) is 25.4 Å². The molecule has 0 saturated heterocycles. The molecule has 2 rings (SSSR count). The lowest BCUT2D eigenvalue weighted by molar-refractivity contribution is 0.113. The van der Waals surface area contributed by atoms with E-state index in [0.717, 1.165) is 25.0 Å². The first kappa shape index (κ1) is 15.6. The van der Waals surface area contributed by atoms with Gasteiger partial charge in [0, 0.05) is 19.5 Å². The van der Waals surface area contributed by atoms with Crippen molar-refractivity contribution in [1.82, 2.24) is 10.2 Å². The van der Waals surface area contributed by atoms with E-state index in [1.54, 1.807) is 11.9 Å². The summed E-state index contributed by atoms with van der Waals surface area (Å²) < 4.78 is 5.51. The molecule has 2 unspecified atom stereocenters. The van der Waals surface area contributed by atoms with Crippen LogP contribution in [0, 0.1) is 5.92 Å². The number of aliphatic hydroxyl groups is 1. The van der Waals surface area contributed by atoms with Gasteiger partial charge in [0.15, 0.2) is 0 Å². The molecule has 1 aliphatic carbocycles. The summed E-state index contributed by atoms with van der Waals surface area (Å²) >= 11 is 0. The lowest BCUT2D eigenvalue weighted by Crippen LogP contribution is -2.42. The van der Waals surface area contributed by atoms with Crippen LogP contribution in [0.25, 0.3) is 0 Å². The zero-order valence-electron chi connectivity index (χ0n) is 12.5. The highest BCUT2D eigenvalue weighted by atomic mass is 16.5. The Morgan fingerprint density at radius 1 is 1.38 bits per heavy atom. The Morgan fingerprint density at radius 2 is 2.14 bits per heavy atom. The molecule has 0 radical (unpaired) electrons. The van der Waals surface area contributed by atoms with E-state index < -0.39 is 0 Å². The molecule has 1 saturated carbocycles. The van der Waals surface area contributed by atoms with Gasteiger partial charge in [-0.05, 0) is 25.0 Å². The Labute approximate surface area is 125 Å². The topological polar surface area (TPSA) is 61.8 Å². The molecular weight excluding hydrogens is 268 g/mol. The summed E-state index contributed by atoms with van der Waals surface area (Å²) in [5.41, 5.74) is 0. The summed E-state index contributed by atoms with van der Waals surface area (Å²) in [5, 5.41) is 12.6. The Kier molecular flexibility index (Phi) is 5.87. The number of urea groups is 1. The van der Waals surface area contributed by atoms with Gasteiger partial charge in [0.2, 0.25) is 0 Å². The SMILES string of the molecule is CN(CC1CCCC1O)C(=O)NCCOc1ccccc1. The molecule has 2 atom stereocenters. The molecule has 0 bridgehead atoms. The summed E-state index contributed by atoms with van der Waals surface area (Å²) in [7, 11) is 1.76. The van der Waals surface area contributed by atoms with Crippen molar-refractivity contribution in [2.24, 2.45) is 5.92 Å². The smallest absolute Gasteiger partial charge is 0.317 e. The van der Waals surface area contributed by atoms with Gasteiger partial charge in [0.05, 0.1) is 12.6 Å². The largest absolute Gasteiger partial charge is 0.492 e. The number of hydrogen-bond donors (Lipinski definition) is 2. The second kappa shape index (κ2) is 7.88. The lowest BCUT2D eigenvalue weighted by atomic mass is 10.1. The molecule has 2 N–H and O–H groups in total. The maximum atomic E-state index is 11.9. The Balaban J connectivity index is 1.62. The Hall–Kier alpha value is -1.75. The van der Waals surface area contributed by atoms with Gasteiger partial charge in [-0.25, -0.2) is 4.79 Å². The van der Waals surface area contributed by atoms with Crippen LogP contribution in [0.1, 0.15) is 19.3 Å². The normalized spacial score (nSPS) is 21.0. The highest BCUT2D eigenvalue weighted by molar-refractivity contribution is 5.73. The van der Waals surface area contributed by atoms with E-state index in [0.29, 0.717) is 19.7 Å². The molecule has 2 amide bonds. The third-order valence-electron chi connectivity index (χ3n) is 3.86. The van der Waals surface area contributed by atoms with Crippen LogP contribution in [0.3, 0.4) is 0 Å². The summed E-state index contributed by atoms with van der Waals surface area (Å²) in [5.74, 6) is 1.01. The minimum Gasteiger partial charge on any atom is -0.492 e. The van der Waals surface area contributed by atoms with Crippen LogP contribution in [0.2, 0.25) is 0 Å². The zero-order chi connectivity index (χ0) is 15.1. The zero-order valence-corrected chi connectivity index (χ0v) is 12.5. The minimum atomic E-state index is -0.262. The second-order valence-electron chi connectivity index (χ2n) is 5.53. The summed E-state index contributed by atoms with van der Waals surface area (Å²) in [6.45, 7) is 1.51. The van der Waals surface area contributed by atoms with Gasteiger partial charge in [-0.2, -0.15) is 0 Å². The van der Waals surface area contributed by atoms with Gasteiger partial charge in [-0.3, -0.25) is 0 Å². The fourth-order valence-corrected chi connectivity index (χ4v) is 2.64. The van der Waals surface area contributed by atoms with Gasteiger partial charge < -0.3 is 20.1 Å². The molecule has 21 heavy (non-hydrogen) atoms. The van der Waals surface area contributed by atoms with E-state index in [4.69, 9.17) is 4.74 Å². The standard InChI is InChI=1S/C16H24N2O3/c1-18(12-13-6-5-9-15(13)19)16(20)17-10-11-21-14-7-3-2-4-8-14/h2-4,7-8,13,15,19H,5-6,9-12H2,1H3,(H,17,20). The van der Waals surface area contributed by atoms with Crippen LogP contribution in [0.5, 0.6) is 5.75 Å². The fourth-order valence-electron chi connectivity index (χ4n) is 2.64. The number of carbonyl (C=O) groups excluding carboxylic acids is 1. The first-order chi connectivity index (χ1) is 10.2. The van der Waals surface area contributed by atoms with Crippen LogP contribution in [0.4, 0.5) is 4.79 Å². The summed E-state index contributed by atoms with van der Waals surface area (Å²) in [6, 6.07) is 9.40. The predicted molar refractivity (Wildman–Crippen MR) is 81.3 cm³/mol. The third-order valence-corrected chi connectivity index (χ3v) is 3.86. The molecule has 5 heteroatoms. The van der Waals surface area contributed by atoms with Crippen molar-refractivity contribution >= 4 is 6.03 Å². The highest BCUT2D eigenvalue weighted by Crippen LogP contribution is 2.25. The summed E-state index contributed by atoms with van der Waals surface area (Å²) in [4.78, 5) is 13.6. The monoisotopic (exact) mass is 292 g/mol. The number of benzene rings is 1. The number of aliphatic hydroxyl groups excluding tert-OH is 1. The van der Waals surface area contributed by atoms with E-state index in [2.05, 4.69) is 5.32 Å².